The van der Waals surface area contributed by atoms with E-state index in [1.54, 1.807) is 0 Å². The van der Waals surface area contributed by atoms with Gasteiger partial charge in [0.2, 0.25) is 0 Å². The summed E-state index contributed by atoms with van der Waals surface area (Å²) in [6.45, 7) is 4.28. The summed E-state index contributed by atoms with van der Waals surface area (Å²) in [5, 5.41) is 0.820. The molecule has 1 aliphatic heterocycles. The fourth-order valence-corrected chi connectivity index (χ4v) is 2.44. The Labute approximate surface area is 95.4 Å². The summed E-state index contributed by atoms with van der Waals surface area (Å²) in [5.41, 5.74) is 6.97. The fourth-order valence-electron chi connectivity index (χ4n) is 2.12. The second-order valence-electron chi connectivity index (χ2n) is 4.27. The molecule has 1 fully saturated rings. The molecule has 3 heteroatoms. The quantitative estimate of drug-likeness (QED) is 0.856. The molecule has 82 valence electrons. The summed E-state index contributed by atoms with van der Waals surface area (Å²) >= 11 is 6.23. The molecule has 0 spiro atoms. The highest BCUT2D eigenvalue weighted by Crippen LogP contribution is 2.41. The molecule has 0 radical (unpaired) electrons. The van der Waals surface area contributed by atoms with Gasteiger partial charge in [-0.15, -0.1) is 0 Å². The van der Waals surface area contributed by atoms with Crippen molar-refractivity contribution >= 4 is 11.6 Å². The van der Waals surface area contributed by atoms with Crippen LogP contribution in [0, 0.1) is 5.92 Å². The van der Waals surface area contributed by atoms with Crippen LogP contribution in [0.15, 0.2) is 24.3 Å². The summed E-state index contributed by atoms with van der Waals surface area (Å²) in [7, 11) is 0. The Kier molecular flexibility index (Phi) is 3.01. The van der Waals surface area contributed by atoms with Crippen LogP contribution < -0.4 is 5.73 Å². The summed E-state index contributed by atoms with van der Waals surface area (Å²) in [6, 6.07) is 7.98. The van der Waals surface area contributed by atoms with Gasteiger partial charge in [-0.25, -0.2) is 0 Å². The highest BCUT2D eigenvalue weighted by Gasteiger charge is 2.45. The summed E-state index contributed by atoms with van der Waals surface area (Å²) in [4.78, 5) is 0. The molecule has 0 saturated carbocycles. The second-order valence-corrected chi connectivity index (χ2v) is 4.67. The molecule has 2 N–H and O–H groups in total. The van der Waals surface area contributed by atoms with Gasteiger partial charge in [0, 0.05) is 10.4 Å². The standard InChI is InChI=1S/C12H16ClNO/c1-9(6-14)12(7-15-8-12)10-4-2-3-5-11(10)13/h2-5,9H,6-8,14H2,1H3. The zero-order valence-electron chi connectivity index (χ0n) is 8.87. The van der Waals surface area contributed by atoms with Gasteiger partial charge in [0.15, 0.2) is 0 Å². The smallest absolute Gasteiger partial charge is 0.0589 e. The molecule has 1 aliphatic rings. The molecule has 2 rings (SSSR count). The van der Waals surface area contributed by atoms with Crippen molar-refractivity contribution in [1.82, 2.24) is 0 Å². The average molecular weight is 226 g/mol. The number of hydrogen-bond acceptors (Lipinski definition) is 2. The third-order valence-corrected chi connectivity index (χ3v) is 3.76. The van der Waals surface area contributed by atoms with E-state index in [9.17, 15) is 0 Å². The third-order valence-electron chi connectivity index (χ3n) is 3.43. The van der Waals surface area contributed by atoms with Crippen LogP contribution in [0.25, 0.3) is 0 Å². The van der Waals surface area contributed by atoms with Crippen molar-refractivity contribution in [3.8, 4) is 0 Å². The Morgan fingerprint density at radius 3 is 2.60 bits per heavy atom. The molecule has 1 unspecified atom stereocenters. The van der Waals surface area contributed by atoms with Crippen LogP contribution in [-0.2, 0) is 10.2 Å². The number of rotatable bonds is 3. The van der Waals surface area contributed by atoms with E-state index >= 15 is 0 Å². The molecule has 1 aromatic rings. The first-order chi connectivity index (χ1) is 7.20. The SMILES string of the molecule is CC(CN)C1(c2ccccc2Cl)COC1. The lowest BCUT2D eigenvalue weighted by Crippen LogP contribution is -2.53. The van der Waals surface area contributed by atoms with E-state index in [0.717, 1.165) is 18.2 Å². The van der Waals surface area contributed by atoms with Gasteiger partial charge in [-0.1, -0.05) is 36.7 Å². The fraction of sp³-hybridized carbons (Fsp3) is 0.500. The maximum atomic E-state index is 6.23. The van der Waals surface area contributed by atoms with Crippen LogP contribution >= 0.6 is 11.6 Å². The predicted molar refractivity (Wildman–Crippen MR) is 62.2 cm³/mol. The molecule has 0 aromatic heterocycles. The lowest BCUT2D eigenvalue weighted by Gasteiger charge is -2.46. The van der Waals surface area contributed by atoms with Gasteiger partial charge in [-0.2, -0.15) is 0 Å². The third kappa shape index (κ3) is 1.67. The van der Waals surface area contributed by atoms with E-state index in [-0.39, 0.29) is 5.41 Å². The first kappa shape index (κ1) is 10.9. The molecule has 1 heterocycles. The Hall–Kier alpha value is -0.570. The van der Waals surface area contributed by atoms with Gasteiger partial charge in [-0.3, -0.25) is 0 Å². The van der Waals surface area contributed by atoms with Gasteiger partial charge < -0.3 is 10.5 Å². The molecule has 1 saturated heterocycles. The Balaban J connectivity index is 2.38. The largest absolute Gasteiger partial charge is 0.379 e. The minimum Gasteiger partial charge on any atom is -0.379 e. The molecular weight excluding hydrogens is 210 g/mol. The highest BCUT2D eigenvalue weighted by molar-refractivity contribution is 6.31. The summed E-state index contributed by atoms with van der Waals surface area (Å²) in [5.74, 6) is 0.395. The Morgan fingerprint density at radius 1 is 1.47 bits per heavy atom. The van der Waals surface area contributed by atoms with E-state index in [1.165, 1.54) is 5.56 Å². The second kappa shape index (κ2) is 4.12. The van der Waals surface area contributed by atoms with Crippen LogP contribution in [0.1, 0.15) is 12.5 Å². The topological polar surface area (TPSA) is 35.2 Å². The number of hydrogen-bond donors (Lipinski definition) is 1. The van der Waals surface area contributed by atoms with Crippen molar-refractivity contribution < 1.29 is 4.74 Å². The predicted octanol–water partition coefficient (Wildman–Crippen LogP) is 2.20. The Bertz CT molecular complexity index is 349. The van der Waals surface area contributed by atoms with Crippen molar-refractivity contribution in [2.24, 2.45) is 11.7 Å². The molecule has 15 heavy (non-hydrogen) atoms. The zero-order valence-corrected chi connectivity index (χ0v) is 9.63. The molecule has 0 aliphatic carbocycles. The molecule has 0 bridgehead atoms. The van der Waals surface area contributed by atoms with Crippen molar-refractivity contribution in [1.29, 1.82) is 0 Å². The maximum absolute atomic E-state index is 6.23. The van der Waals surface area contributed by atoms with Crippen LogP contribution in [0.5, 0.6) is 0 Å². The number of benzene rings is 1. The van der Waals surface area contributed by atoms with E-state index < -0.39 is 0 Å². The van der Waals surface area contributed by atoms with Gasteiger partial charge in [0.25, 0.3) is 0 Å². The van der Waals surface area contributed by atoms with Crippen LogP contribution in [0.3, 0.4) is 0 Å². The Morgan fingerprint density at radius 2 is 2.13 bits per heavy atom. The van der Waals surface area contributed by atoms with E-state index in [4.69, 9.17) is 22.1 Å². The minimum absolute atomic E-state index is 0.0348. The van der Waals surface area contributed by atoms with Gasteiger partial charge in [-0.05, 0) is 24.1 Å². The average Bonchev–Trinajstić information content (AvgIpc) is 2.19. The first-order valence-electron chi connectivity index (χ1n) is 5.23. The number of ether oxygens (including phenoxy) is 1. The van der Waals surface area contributed by atoms with Crippen LogP contribution in [-0.4, -0.2) is 19.8 Å². The first-order valence-corrected chi connectivity index (χ1v) is 5.61. The van der Waals surface area contributed by atoms with Crippen molar-refractivity contribution in [3.63, 3.8) is 0 Å². The normalized spacial score (nSPS) is 20.7. The molecule has 1 aromatic carbocycles. The lowest BCUT2D eigenvalue weighted by molar-refractivity contribution is -0.0853. The van der Waals surface area contributed by atoms with E-state index in [2.05, 4.69) is 13.0 Å². The summed E-state index contributed by atoms with van der Waals surface area (Å²) < 4.78 is 5.36. The van der Waals surface area contributed by atoms with Gasteiger partial charge in [0.05, 0.1) is 13.2 Å². The van der Waals surface area contributed by atoms with Gasteiger partial charge in [0.1, 0.15) is 0 Å². The molecule has 1 atom stereocenters. The molecular formula is C12H16ClNO. The number of halogens is 1. The van der Waals surface area contributed by atoms with Crippen LogP contribution in [0.2, 0.25) is 5.02 Å². The summed E-state index contributed by atoms with van der Waals surface area (Å²) in [6.07, 6.45) is 0. The number of nitrogens with two attached hydrogens (primary N) is 1. The minimum atomic E-state index is 0.0348. The monoisotopic (exact) mass is 225 g/mol. The maximum Gasteiger partial charge on any atom is 0.0589 e. The lowest BCUT2D eigenvalue weighted by atomic mass is 9.69. The van der Waals surface area contributed by atoms with Crippen molar-refractivity contribution in [3.05, 3.63) is 34.9 Å². The highest BCUT2D eigenvalue weighted by atomic mass is 35.5. The van der Waals surface area contributed by atoms with Gasteiger partial charge >= 0.3 is 0 Å². The van der Waals surface area contributed by atoms with E-state index in [1.807, 2.05) is 18.2 Å². The van der Waals surface area contributed by atoms with E-state index in [0.29, 0.717) is 12.5 Å². The molecule has 0 amide bonds. The van der Waals surface area contributed by atoms with Crippen molar-refractivity contribution in [2.45, 2.75) is 12.3 Å². The van der Waals surface area contributed by atoms with Crippen LogP contribution in [0.4, 0.5) is 0 Å². The molecule has 2 nitrogen and oxygen atoms in total. The van der Waals surface area contributed by atoms with Crippen molar-refractivity contribution in [2.75, 3.05) is 19.8 Å². The zero-order chi connectivity index (χ0) is 10.9.